The minimum atomic E-state index is 0.0209. The maximum atomic E-state index is 11.4. The Kier molecular flexibility index (Phi) is 2.08. The molecule has 0 unspecified atom stereocenters. The molecule has 0 spiro atoms. The van der Waals surface area contributed by atoms with E-state index in [9.17, 15) is 9.59 Å². The normalized spacial score (nSPS) is 14.5. The van der Waals surface area contributed by atoms with Crippen LogP contribution in [0.1, 0.15) is 34.1 Å². The lowest BCUT2D eigenvalue weighted by Crippen LogP contribution is -2.18. The van der Waals surface area contributed by atoms with Gasteiger partial charge >= 0.3 is 0 Å². The Morgan fingerprint density at radius 1 is 1.43 bits per heavy atom. The second-order valence-electron chi connectivity index (χ2n) is 3.42. The van der Waals surface area contributed by atoms with E-state index >= 15 is 0 Å². The topological polar surface area (TPSA) is 46.2 Å². The Balaban J connectivity index is 2.49. The van der Waals surface area contributed by atoms with Gasteiger partial charge in [-0.3, -0.25) is 9.59 Å². The van der Waals surface area contributed by atoms with Crippen molar-refractivity contribution in [2.75, 3.05) is 11.9 Å². The molecule has 1 N–H and O–H groups in total. The highest BCUT2D eigenvalue weighted by Gasteiger charge is 2.17. The van der Waals surface area contributed by atoms with Crippen LogP contribution < -0.4 is 5.32 Å². The van der Waals surface area contributed by atoms with Crippen LogP contribution in [-0.4, -0.2) is 18.1 Å². The molecule has 1 aromatic carbocycles. The van der Waals surface area contributed by atoms with E-state index in [1.807, 2.05) is 0 Å². The summed E-state index contributed by atoms with van der Waals surface area (Å²) >= 11 is 0. The first kappa shape index (κ1) is 8.94. The summed E-state index contributed by atoms with van der Waals surface area (Å²) in [5, 5.41) is 3.12. The molecule has 0 fully saturated rings. The van der Waals surface area contributed by atoms with Gasteiger partial charge in [0.2, 0.25) is 0 Å². The Hall–Kier alpha value is -1.64. The first-order valence-corrected chi connectivity index (χ1v) is 4.60. The molecule has 1 aliphatic heterocycles. The molecule has 0 radical (unpaired) electrons. The molecule has 3 heteroatoms. The number of hydrogen-bond donors (Lipinski definition) is 1. The number of Topliss-reactive ketones (excluding diaryl/α,β-unsaturated/α-hetero) is 2. The fourth-order valence-electron chi connectivity index (χ4n) is 1.60. The van der Waals surface area contributed by atoms with Crippen LogP contribution in [0.25, 0.3) is 0 Å². The largest absolute Gasteiger partial charge is 0.384 e. The number of carbonyl (C=O) groups excluding carboxylic acids is 2. The lowest BCUT2D eigenvalue weighted by atomic mass is 9.99. The average molecular weight is 189 g/mol. The number of benzene rings is 1. The van der Waals surface area contributed by atoms with E-state index in [-0.39, 0.29) is 11.6 Å². The van der Waals surface area contributed by atoms with Crippen molar-refractivity contribution in [3.63, 3.8) is 0 Å². The van der Waals surface area contributed by atoms with Gasteiger partial charge in [-0.05, 0) is 19.1 Å². The zero-order chi connectivity index (χ0) is 10.1. The molecule has 14 heavy (non-hydrogen) atoms. The van der Waals surface area contributed by atoms with Gasteiger partial charge in [-0.15, -0.1) is 0 Å². The summed E-state index contributed by atoms with van der Waals surface area (Å²) in [6.45, 7) is 2.18. The highest BCUT2D eigenvalue weighted by atomic mass is 16.1. The third-order valence-corrected chi connectivity index (χ3v) is 2.39. The summed E-state index contributed by atoms with van der Waals surface area (Å²) in [5.74, 6) is 0.168. The molecule has 1 aliphatic rings. The average Bonchev–Trinajstić information content (AvgIpc) is 2.17. The van der Waals surface area contributed by atoms with Crippen LogP contribution >= 0.6 is 0 Å². The van der Waals surface area contributed by atoms with E-state index in [4.69, 9.17) is 0 Å². The van der Waals surface area contributed by atoms with Gasteiger partial charge in [-0.25, -0.2) is 0 Å². The molecule has 0 saturated heterocycles. The van der Waals surface area contributed by atoms with Crippen LogP contribution in [0, 0.1) is 0 Å². The fourth-order valence-corrected chi connectivity index (χ4v) is 1.60. The van der Waals surface area contributed by atoms with Crippen molar-refractivity contribution >= 4 is 17.3 Å². The molecule has 3 nitrogen and oxygen atoms in total. The van der Waals surface area contributed by atoms with Gasteiger partial charge in [-0.2, -0.15) is 0 Å². The van der Waals surface area contributed by atoms with Crippen molar-refractivity contribution in [3.8, 4) is 0 Å². The van der Waals surface area contributed by atoms with Crippen molar-refractivity contribution in [3.05, 3.63) is 29.3 Å². The molecule has 0 atom stereocenters. The zero-order valence-corrected chi connectivity index (χ0v) is 7.96. The van der Waals surface area contributed by atoms with Crippen LogP contribution in [0.2, 0.25) is 0 Å². The number of rotatable bonds is 1. The Morgan fingerprint density at radius 3 is 2.93 bits per heavy atom. The van der Waals surface area contributed by atoms with E-state index in [2.05, 4.69) is 5.32 Å². The summed E-state index contributed by atoms with van der Waals surface area (Å²) in [7, 11) is 0. The predicted octanol–water partition coefficient (Wildman–Crippen LogP) is 1.89. The molecule has 0 bridgehead atoms. The summed E-state index contributed by atoms with van der Waals surface area (Å²) in [6.07, 6.45) is 0.534. The van der Waals surface area contributed by atoms with Gasteiger partial charge in [-0.1, -0.05) is 6.07 Å². The van der Waals surface area contributed by atoms with Gasteiger partial charge < -0.3 is 5.32 Å². The van der Waals surface area contributed by atoms with Crippen LogP contribution in [0.15, 0.2) is 18.2 Å². The van der Waals surface area contributed by atoms with Gasteiger partial charge in [0.1, 0.15) is 0 Å². The second-order valence-corrected chi connectivity index (χ2v) is 3.42. The Morgan fingerprint density at radius 2 is 2.21 bits per heavy atom. The van der Waals surface area contributed by atoms with Gasteiger partial charge in [0.25, 0.3) is 0 Å². The van der Waals surface area contributed by atoms with Crippen LogP contribution in [0.5, 0.6) is 0 Å². The summed E-state index contributed by atoms with van der Waals surface area (Å²) < 4.78 is 0. The van der Waals surface area contributed by atoms with Crippen molar-refractivity contribution in [2.45, 2.75) is 13.3 Å². The van der Waals surface area contributed by atoms with Gasteiger partial charge in [0.15, 0.2) is 11.6 Å². The molecule has 72 valence electrons. The molecular weight excluding hydrogens is 178 g/mol. The molecule has 1 aromatic rings. The molecule has 0 aliphatic carbocycles. The molecule has 2 rings (SSSR count). The van der Waals surface area contributed by atoms with E-state index in [1.165, 1.54) is 6.92 Å². The molecule has 0 saturated carbocycles. The van der Waals surface area contributed by atoms with Crippen molar-refractivity contribution < 1.29 is 9.59 Å². The first-order chi connectivity index (χ1) is 6.68. The Labute approximate surface area is 82.1 Å². The zero-order valence-electron chi connectivity index (χ0n) is 7.96. The summed E-state index contributed by atoms with van der Waals surface area (Å²) in [4.78, 5) is 22.5. The molecule has 0 aromatic heterocycles. The number of hydrogen-bond acceptors (Lipinski definition) is 3. The molecule has 1 heterocycles. The van der Waals surface area contributed by atoms with Crippen LogP contribution in [0.4, 0.5) is 5.69 Å². The third kappa shape index (κ3) is 1.41. The van der Waals surface area contributed by atoms with E-state index in [1.54, 1.807) is 18.2 Å². The third-order valence-electron chi connectivity index (χ3n) is 2.39. The highest BCUT2D eigenvalue weighted by Crippen LogP contribution is 2.23. The standard InChI is InChI=1S/C11H11NO2/c1-7(13)8-2-3-9-10(6-8)12-5-4-11(9)14/h2-3,6,12H,4-5H2,1H3. The predicted molar refractivity (Wildman–Crippen MR) is 53.9 cm³/mol. The second kappa shape index (κ2) is 3.25. The van der Waals surface area contributed by atoms with Gasteiger partial charge in [0, 0.05) is 29.8 Å². The number of anilines is 1. The maximum absolute atomic E-state index is 11.4. The Bertz CT molecular complexity index is 410. The monoisotopic (exact) mass is 189 g/mol. The van der Waals surface area contributed by atoms with Crippen molar-refractivity contribution in [1.82, 2.24) is 0 Å². The number of ketones is 2. The highest BCUT2D eigenvalue weighted by molar-refractivity contribution is 6.05. The van der Waals surface area contributed by atoms with Crippen LogP contribution in [-0.2, 0) is 0 Å². The van der Waals surface area contributed by atoms with Crippen molar-refractivity contribution in [1.29, 1.82) is 0 Å². The number of carbonyl (C=O) groups is 2. The SMILES string of the molecule is CC(=O)c1ccc2c(c1)NCCC2=O. The van der Waals surface area contributed by atoms with Crippen LogP contribution in [0.3, 0.4) is 0 Å². The molecule has 0 amide bonds. The van der Waals surface area contributed by atoms with E-state index in [0.29, 0.717) is 24.1 Å². The number of nitrogens with one attached hydrogen (secondary N) is 1. The van der Waals surface area contributed by atoms with Crippen molar-refractivity contribution in [2.24, 2.45) is 0 Å². The summed E-state index contributed by atoms with van der Waals surface area (Å²) in [5.41, 5.74) is 2.13. The lowest BCUT2D eigenvalue weighted by Gasteiger charge is -2.17. The number of fused-ring (bicyclic) bond motifs is 1. The summed E-state index contributed by atoms with van der Waals surface area (Å²) in [6, 6.07) is 5.17. The maximum Gasteiger partial charge on any atom is 0.166 e. The van der Waals surface area contributed by atoms with E-state index in [0.717, 1.165) is 5.69 Å². The van der Waals surface area contributed by atoms with E-state index < -0.39 is 0 Å². The fraction of sp³-hybridized carbons (Fsp3) is 0.273. The minimum Gasteiger partial charge on any atom is -0.384 e. The lowest BCUT2D eigenvalue weighted by molar-refractivity contribution is 0.0979. The molecular formula is C11H11NO2. The first-order valence-electron chi connectivity index (χ1n) is 4.60. The van der Waals surface area contributed by atoms with Gasteiger partial charge in [0.05, 0.1) is 0 Å². The smallest absolute Gasteiger partial charge is 0.166 e. The quantitative estimate of drug-likeness (QED) is 0.686. The minimum absolute atomic E-state index is 0.0209.